The van der Waals surface area contributed by atoms with Crippen molar-refractivity contribution in [2.45, 2.75) is 45.5 Å². The van der Waals surface area contributed by atoms with E-state index in [0.717, 1.165) is 11.1 Å². The predicted molar refractivity (Wildman–Crippen MR) is 124 cm³/mol. The van der Waals surface area contributed by atoms with Gasteiger partial charge in [-0.3, -0.25) is 4.79 Å². The Kier molecular flexibility index (Phi) is 7.06. The van der Waals surface area contributed by atoms with Crippen LogP contribution in [0.15, 0.2) is 60.1 Å². The molecule has 0 unspecified atom stereocenters. The molecule has 168 valence electrons. The average Bonchev–Trinajstić information content (AvgIpc) is 2.97. The van der Waals surface area contributed by atoms with Gasteiger partial charge in [-0.1, -0.05) is 48.5 Å². The summed E-state index contributed by atoms with van der Waals surface area (Å²) in [6, 6.07) is 16.3. The third-order valence-electron chi connectivity index (χ3n) is 5.75. The number of primary amides is 1. The largest absolute Gasteiger partial charge is 0.492 e. The van der Waals surface area contributed by atoms with Crippen LogP contribution in [0.2, 0.25) is 0 Å². The van der Waals surface area contributed by atoms with E-state index in [1.54, 1.807) is 24.3 Å². The van der Waals surface area contributed by atoms with Crippen molar-refractivity contribution in [2.24, 2.45) is 5.73 Å². The second-order valence-corrected chi connectivity index (χ2v) is 8.71. The number of alkyl carbamates (subject to hydrolysis) is 1. The van der Waals surface area contributed by atoms with E-state index in [1.165, 1.54) is 0 Å². The molecule has 1 heterocycles. The van der Waals surface area contributed by atoms with Gasteiger partial charge in [-0.25, -0.2) is 4.79 Å². The van der Waals surface area contributed by atoms with Gasteiger partial charge in [0.25, 0.3) is 0 Å². The molecule has 7 nitrogen and oxygen atoms in total. The van der Waals surface area contributed by atoms with E-state index in [0.29, 0.717) is 11.0 Å². The van der Waals surface area contributed by atoms with Crippen molar-refractivity contribution < 1.29 is 23.6 Å². The van der Waals surface area contributed by atoms with E-state index in [9.17, 15) is 9.59 Å². The molecular formula is C24H29BN2O5. The Labute approximate surface area is 189 Å². The van der Waals surface area contributed by atoms with Gasteiger partial charge in [0, 0.05) is 12.1 Å². The summed E-state index contributed by atoms with van der Waals surface area (Å²) in [4.78, 5) is 23.6. The number of ether oxygens (including phenoxy) is 1. The van der Waals surface area contributed by atoms with Gasteiger partial charge in [0.15, 0.2) is 0 Å². The number of rotatable bonds is 7. The van der Waals surface area contributed by atoms with Crippen LogP contribution >= 0.6 is 0 Å². The molecule has 1 aliphatic rings. The van der Waals surface area contributed by atoms with E-state index in [2.05, 4.69) is 5.32 Å². The fourth-order valence-corrected chi connectivity index (χ4v) is 3.10. The van der Waals surface area contributed by atoms with Gasteiger partial charge >= 0.3 is 13.2 Å². The van der Waals surface area contributed by atoms with Crippen LogP contribution in [0.3, 0.4) is 0 Å². The van der Waals surface area contributed by atoms with Crippen LogP contribution in [-0.4, -0.2) is 36.9 Å². The first kappa shape index (κ1) is 23.6. The molecule has 0 spiro atoms. The second-order valence-electron chi connectivity index (χ2n) is 8.71. The molecule has 2 aromatic rings. The van der Waals surface area contributed by atoms with Gasteiger partial charge in [0.2, 0.25) is 5.91 Å². The van der Waals surface area contributed by atoms with E-state index >= 15 is 0 Å². The summed E-state index contributed by atoms with van der Waals surface area (Å²) in [5, 5.41) is 2.77. The minimum Gasteiger partial charge on any atom is -0.445 e. The monoisotopic (exact) mass is 436 g/mol. The Morgan fingerprint density at radius 2 is 1.59 bits per heavy atom. The molecule has 0 aliphatic carbocycles. The van der Waals surface area contributed by atoms with Crippen LogP contribution in [0.4, 0.5) is 4.79 Å². The minimum absolute atomic E-state index is 0.169. The quantitative estimate of drug-likeness (QED) is 0.645. The Hall–Kier alpha value is -3.10. The summed E-state index contributed by atoms with van der Waals surface area (Å²) in [7, 11) is -0.648. The topological polar surface area (TPSA) is 99.9 Å². The number of nitrogens with one attached hydrogen (secondary N) is 1. The summed E-state index contributed by atoms with van der Waals surface area (Å²) in [6.45, 7) is 8.21. The van der Waals surface area contributed by atoms with Crippen molar-refractivity contribution in [3.05, 3.63) is 76.8 Å². The molecule has 1 fully saturated rings. The van der Waals surface area contributed by atoms with Crippen molar-refractivity contribution >= 4 is 25.2 Å². The van der Waals surface area contributed by atoms with E-state index in [1.807, 2.05) is 64.1 Å². The normalized spacial score (nSPS) is 17.1. The lowest BCUT2D eigenvalue weighted by atomic mass is 9.77. The second kappa shape index (κ2) is 9.59. The molecule has 0 atom stereocenters. The van der Waals surface area contributed by atoms with Gasteiger partial charge in [-0.2, -0.15) is 0 Å². The van der Waals surface area contributed by atoms with Crippen LogP contribution in [0.1, 0.15) is 49.2 Å². The number of hydrogen-bond donors (Lipinski definition) is 2. The molecule has 3 rings (SSSR count). The highest BCUT2D eigenvalue weighted by Crippen LogP contribution is 2.38. The molecule has 0 aromatic heterocycles. The third-order valence-corrected chi connectivity index (χ3v) is 5.75. The molecule has 1 saturated heterocycles. The zero-order valence-electron chi connectivity index (χ0n) is 18.9. The maximum Gasteiger partial charge on any atom is 0.492 e. The summed E-state index contributed by atoms with van der Waals surface area (Å²) in [5.41, 5.74) is 7.12. The summed E-state index contributed by atoms with van der Waals surface area (Å²) < 4.78 is 17.6. The fraction of sp³-hybridized carbons (Fsp3) is 0.333. The van der Waals surface area contributed by atoms with Crippen molar-refractivity contribution in [3.63, 3.8) is 0 Å². The number of carbonyl (C=O) groups is 2. The van der Waals surface area contributed by atoms with Crippen molar-refractivity contribution in [1.82, 2.24) is 5.32 Å². The van der Waals surface area contributed by atoms with Gasteiger partial charge in [0.1, 0.15) is 6.61 Å². The maximum atomic E-state index is 12.3. The van der Waals surface area contributed by atoms with Crippen molar-refractivity contribution in [3.8, 4) is 0 Å². The SMILES string of the molecule is CC1(C)OB(C(=Cc2ccc(C(N)=O)cc2)CNC(=O)OCc2ccccc2)OC1(C)C. The number of hydrogen-bond acceptors (Lipinski definition) is 5. The minimum atomic E-state index is -0.648. The molecule has 1 aliphatic heterocycles. The number of carbonyl (C=O) groups excluding carboxylic acids is 2. The first-order chi connectivity index (χ1) is 15.1. The molecular weight excluding hydrogens is 407 g/mol. The lowest BCUT2D eigenvalue weighted by Crippen LogP contribution is -2.41. The van der Waals surface area contributed by atoms with E-state index in [4.69, 9.17) is 19.8 Å². The molecule has 32 heavy (non-hydrogen) atoms. The molecule has 3 N–H and O–H groups in total. The standard InChI is InChI=1S/C24H29BN2O5/c1-23(2)24(3,4)32-25(31-23)20(14-17-10-12-19(13-11-17)21(26)28)15-27-22(29)30-16-18-8-6-5-7-9-18/h5-14H,15-16H2,1-4H3,(H2,26,28)(H,27,29). The highest BCUT2D eigenvalue weighted by atomic mass is 16.7. The summed E-state index contributed by atoms with van der Waals surface area (Å²) >= 11 is 0. The number of benzene rings is 2. The summed E-state index contributed by atoms with van der Waals surface area (Å²) in [5.74, 6) is -0.491. The van der Waals surface area contributed by atoms with Crippen LogP contribution in [0.5, 0.6) is 0 Å². The lowest BCUT2D eigenvalue weighted by Gasteiger charge is -2.32. The van der Waals surface area contributed by atoms with Gasteiger partial charge < -0.3 is 25.1 Å². The van der Waals surface area contributed by atoms with E-state index < -0.39 is 30.3 Å². The Morgan fingerprint density at radius 3 is 2.16 bits per heavy atom. The van der Waals surface area contributed by atoms with Crippen LogP contribution in [0, 0.1) is 0 Å². The predicted octanol–water partition coefficient (Wildman–Crippen LogP) is 3.73. The highest BCUT2D eigenvalue weighted by molar-refractivity contribution is 6.56. The smallest absolute Gasteiger partial charge is 0.445 e. The Balaban J connectivity index is 1.73. The fourth-order valence-electron chi connectivity index (χ4n) is 3.10. The Bertz CT molecular complexity index is 971. The number of amides is 2. The Morgan fingerprint density at radius 1 is 1.00 bits per heavy atom. The van der Waals surface area contributed by atoms with E-state index in [-0.39, 0.29) is 13.2 Å². The first-order valence-corrected chi connectivity index (χ1v) is 10.5. The van der Waals surface area contributed by atoms with Crippen molar-refractivity contribution in [2.75, 3.05) is 6.54 Å². The first-order valence-electron chi connectivity index (χ1n) is 10.5. The number of nitrogens with two attached hydrogens (primary N) is 1. The molecule has 2 amide bonds. The van der Waals surface area contributed by atoms with Crippen LogP contribution in [-0.2, 0) is 20.7 Å². The maximum absolute atomic E-state index is 12.3. The molecule has 0 radical (unpaired) electrons. The van der Waals surface area contributed by atoms with Crippen molar-refractivity contribution in [1.29, 1.82) is 0 Å². The van der Waals surface area contributed by atoms with Gasteiger partial charge in [0.05, 0.1) is 11.2 Å². The average molecular weight is 436 g/mol. The molecule has 8 heteroatoms. The van der Waals surface area contributed by atoms with Crippen LogP contribution in [0.25, 0.3) is 6.08 Å². The molecule has 0 bridgehead atoms. The molecule has 0 saturated carbocycles. The zero-order chi connectivity index (χ0) is 23.4. The highest BCUT2D eigenvalue weighted by Gasteiger charge is 2.52. The van der Waals surface area contributed by atoms with Crippen LogP contribution < -0.4 is 11.1 Å². The lowest BCUT2D eigenvalue weighted by molar-refractivity contribution is 0.00578. The third kappa shape index (κ3) is 5.78. The summed E-state index contributed by atoms with van der Waals surface area (Å²) in [6.07, 6.45) is 1.32. The van der Waals surface area contributed by atoms with Gasteiger partial charge in [-0.15, -0.1) is 0 Å². The molecule has 2 aromatic carbocycles. The zero-order valence-corrected chi connectivity index (χ0v) is 18.9. The van der Waals surface area contributed by atoms with Gasteiger partial charge in [-0.05, 0) is 56.4 Å².